The van der Waals surface area contributed by atoms with Crippen molar-refractivity contribution in [2.75, 3.05) is 13.7 Å². The van der Waals surface area contributed by atoms with Crippen LogP contribution in [0.1, 0.15) is 56.6 Å². The summed E-state index contributed by atoms with van der Waals surface area (Å²) in [5.41, 5.74) is 0.0677. The van der Waals surface area contributed by atoms with Gasteiger partial charge in [0, 0.05) is 19.6 Å². The van der Waals surface area contributed by atoms with E-state index in [1.165, 1.54) is 40.0 Å². The van der Waals surface area contributed by atoms with Crippen molar-refractivity contribution >= 4 is 27.9 Å². The minimum Gasteiger partial charge on any atom is -0.507 e. The van der Waals surface area contributed by atoms with Crippen LogP contribution in [0.5, 0.6) is 11.5 Å². The van der Waals surface area contributed by atoms with Crippen LogP contribution in [0, 0.1) is 12.8 Å². The molecule has 0 bridgehead atoms. The van der Waals surface area contributed by atoms with Gasteiger partial charge in [-0.2, -0.15) is 0 Å². The Hall–Kier alpha value is -3.40. The molecule has 0 radical (unpaired) electrons. The van der Waals surface area contributed by atoms with Gasteiger partial charge in [0.25, 0.3) is 0 Å². The van der Waals surface area contributed by atoms with Gasteiger partial charge in [-0.25, -0.2) is 0 Å². The molecule has 1 aromatic heterocycles. The van der Waals surface area contributed by atoms with Gasteiger partial charge in [-0.15, -0.1) is 0 Å². The first-order chi connectivity index (χ1) is 17.3. The van der Waals surface area contributed by atoms with Gasteiger partial charge in [-0.3, -0.25) is 9.59 Å². The lowest BCUT2D eigenvalue weighted by Crippen LogP contribution is -2.41. The van der Waals surface area contributed by atoms with Crippen LogP contribution in [0.3, 0.4) is 0 Å². The topological polar surface area (TPSA) is 136 Å². The number of carbonyl (C=O) groups excluding carboxylic acids is 1. The summed E-state index contributed by atoms with van der Waals surface area (Å²) in [4.78, 5) is 26.1. The number of carbonyl (C=O) groups is 1. The van der Waals surface area contributed by atoms with Crippen molar-refractivity contribution in [3.05, 3.63) is 57.3 Å². The molecule has 1 aliphatic rings. The Bertz CT molecular complexity index is 1460. The van der Waals surface area contributed by atoms with Gasteiger partial charge in [-0.05, 0) is 51.5 Å². The van der Waals surface area contributed by atoms with Crippen molar-refractivity contribution < 1.29 is 38.7 Å². The molecule has 0 amide bonds. The van der Waals surface area contributed by atoms with E-state index in [0.29, 0.717) is 22.4 Å². The van der Waals surface area contributed by atoms with Gasteiger partial charge in [0.15, 0.2) is 0 Å². The van der Waals surface area contributed by atoms with Gasteiger partial charge >= 0.3 is 5.97 Å². The summed E-state index contributed by atoms with van der Waals surface area (Å²) >= 11 is 0. The number of hydrogen-bond donors (Lipinski definition) is 3. The van der Waals surface area contributed by atoms with Crippen LogP contribution in [0.25, 0.3) is 21.9 Å². The minimum atomic E-state index is -1.54. The zero-order chi connectivity index (χ0) is 27.4. The highest BCUT2D eigenvalue weighted by atomic mass is 16.6. The van der Waals surface area contributed by atoms with Crippen molar-refractivity contribution in [3.8, 4) is 11.5 Å². The van der Waals surface area contributed by atoms with E-state index in [9.17, 15) is 24.9 Å². The molecule has 4 rings (SSSR count). The summed E-state index contributed by atoms with van der Waals surface area (Å²) < 4.78 is 23.4. The SMILES string of the molecule is C=C(C)C1COc2c(C)cc3oc4c(C(OC)C(O)C(C)(C)O)ccc(O)c4c(=O)c3c2C1OC(C)=O. The van der Waals surface area contributed by atoms with Crippen LogP contribution >= 0.6 is 0 Å². The minimum absolute atomic E-state index is 0.00390. The predicted molar refractivity (Wildman–Crippen MR) is 137 cm³/mol. The molecule has 37 heavy (non-hydrogen) atoms. The molecule has 3 N–H and O–H groups in total. The second-order valence-corrected chi connectivity index (χ2v) is 10.2. The standard InChI is InChI=1S/C28H32O9/c1-12(2)16-11-35-23-13(3)10-18-20(21(23)25(16)36-14(4)29)22(31)19-17(30)9-8-15(24(19)37-18)26(34-7)27(32)28(5,6)33/h8-10,16,25-27,30,32-33H,1,11H2,2-7H3. The molecule has 9 nitrogen and oxygen atoms in total. The molecule has 0 saturated heterocycles. The van der Waals surface area contributed by atoms with E-state index in [2.05, 4.69) is 6.58 Å². The number of ether oxygens (including phenoxy) is 3. The molecule has 3 aromatic rings. The second-order valence-electron chi connectivity index (χ2n) is 10.2. The average molecular weight is 513 g/mol. The lowest BCUT2D eigenvalue weighted by Gasteiger charge is -2.34. The van der Waals surface area contributed by atoms with Gasteiger partial charge in [-0.1, -0.05) is 12.2 Å². The first-order valence-corrected chi connectivity index (χ1v) is 11.9. The molecular formula is C28H32O9. The van der Waals surface area contributed by atoms with Crippen LogP contribution in [-0.2, 0) is 14.3 Å². The van der Waals surface area contributed by atoms with E-state index in [0.717, 1.165) is 0 Å². The first kappa shape index (κ1) is 26.7. The van der Waals surface area contributed by atoms with E-state index in [1.807, 2.05) is 0 Å². The quantitative estimate of drug-likeness (QED) is 0.255. The monoisotopic (exact) mass is 512 g/mol. The number of aliphatic hydroxyl groups is 2. The fourth-order valence-corrected chi connectivity index (χ4v) is 4.93. The fourth-order valence-electron chi connectivity index (χ4n) is 4.93. The van der Waals surface area contributed by atoms with E-state index in [1.54, 1.807) is 19.9 Å². The van der Waals surface area contributed by atoms with Crippen LogP contribution in [0.2, 0.25) is 0 Å². The number of aromatic hydroxyl groups is 1. The third kappa shape index (κ3) is 4.47. The number of fused-ring (bicyclic) bond motifs is 4. The molecule has 0 fully saturated rings. The predicted octanol–water partition coefficient (Wildman–Crippen LogP) is 3.97. The van der Waals surface area contributed by atoms with Crippen LogP contribution in [0.15, 0.2) is 39.6 Å². The summed E-state index contributed by atoms with van der Waals surface area (Å²) in [5.74, 6) is -0.867. The molecule has 2 aromatic carbocycles. The summed E-state index contributed by atoms with van der Waals surface area (Å²) in [6.07, 6.45) is -3.31. The Kier molecular flexibility index (Phi) is 6.83. The number of phenolic OH excluding ortho intramolecular Hbond substituents is 1. The fraction of sp³-hybridized carbons (Fsp3) is 0.429. The summed E-state index contributed by atoms with van der Waals surface area (Å²) in [5, 5.41) is 31.9. The molecule has 0 aliphatic carbocycles. The highest BCUT2D eigenvalue weighted by molar-refractivity contribution is 5.97. The van der Waals surface area contributed by atoms with Crippen LogP contribution in [0.4, 0.5) is 0 Å². The molecule has 198 valence electrons. The van der Waals surface area contributed by atoms with E-state index < -0.39 is 41.2 Å². The molecule has 1 aliphatic heterocycles. The Morgan fingerprint density at radius 2 is 1.92 bits per heavy atom. The van der Waals surface area contributed by atoms with Crippen molar-refractivity contribution in [1.82, 2.24) is 0 Å². The zero-order valence-corrected chi connectivity index (χ0v) is 21.7. The highest BCUT2D eigenvalue weighted by Crippen LogP contribution is 2.46. The number of phenols is 1. The van der Waals surface area contributed by atoms with Gasteiger partial charge in [0.1, 0.15) is 46.4 Å². The first-order valence-electron chi connectivity index (χ1n) is 11.9. The van der Waals surface area contributed by atoms with Crippen molar-refractivity contribution in [1.29, 1.82) is 0 Å². The summed E-state index contributed by atoms with van der Waals surface area (Å²) in [6, 6.07) is 4.42. The van der Waals surface area contributed by atoms with Crippen LogP contribution in [-0.4, -0.2) is 46.7 Å². The maximum Gasteiger partial charge on any atom is 0.303 e. The van der Waals surface area contributed by atoms with Gasteiger partial charge in [0.05, 0.1) is 29.1 Å². The van der Waals surface area contributed by atoms with Gasteiger partial charge < -0.3 is 33.9 Å². The summed E-state index contributed by atoms with van der Waals surface area (Å²) in [6.45, 7) is 11.9. The third-order valence-electron chi connectivity index (χ3n) is 6.85. The Balaban J connectivity index is 2.11. The molecule has 2 heterocycles. The molecule has 4 atom stereocenters. The Morgan fingerprint density at radius 1 is 1.24 bits per heavy atom. The maximum absolute atomic E-state index is 14.0. The van der Waals surface area contributed by atoms with Crippen molar-refractivity contribution in [2.45, 2.75) is 58.5 Å². The third-order valence-corrected chi connectivity index (χ3v) is 6.85. The number of methoxy groups -OCH3 is 1. The zero-order valence-electron chi connectivity index (χ0n) is 21.7. The van der Waals surface area contributed by atoms with E-state index in [-0.39, 0.29) is 39.9 Å². The Morgan fingerprint density at radius 3 is 2.49 bits per heavy atom. The molecule has 9 heteroatoms. The lowest BCUT2D eigenvalue weighted by molar-refractivity contribution is -0.150. The molecule has 0 saturated carbocycles. The number of esters is 1. The second kappa shape index (κ2) is 9.48. The number of rotatable bonds is 6. The summed E-state index contributed by atoms with van der Waals surface area (Å²) in [7, 11) is 1.36. The Labute approximate surface area is 213 Å². The maximum atomic E-state index is 14.0. The molecular weight excluding hydrogens is 480 g/mol. The number of aryl methyl sites for hydroxylation is 1. The van der Waals surface area contributed by atoms with Crippen molar-refractivity contribution in [3.63, 3.8) is 0 Å². The van der Waals surface area contributed by atoms with E-state index >= 15 is 0 Å². The molecule has 4 unspecified atom stereocenters. The van der Waals surface area contributed by atoms with E-state index in [4.69, 9.17) is 18.6 Å². The number of hydrogen-bond acceptors (Lipinski definition) is 9. The molecule has 0 spiro atoms. The van der Waals surface area contributed by atoms with Crippen molar-refractivity contribution in [2.24, 2.45) is 5.92 Å². The lowest BCUT2D eigenvalue weighted by atomic mass is 9.85. The highest BCUT2D eigenvalue weighted by Gasteiger charge is 2.39. The smallest absolute Gasteiger partial charge is 0.303 e. The normalized spacial score (nSPS) is 19.2. The number of benzene rings is 2. The van der Waals surface area contributed by atoms with Crippen LogP contribution < -0.4 is 10.2 Å². The number of aliphatic hydroxyl groups excluding tert-OH is 1. The van der Waals surface area contributed by atoms with Gasteiger partial charge in [0.2, 0.25) is 5.43 Å². The average Bonchev–Trinajstić information content (AvgIpc) is 2.79. The largest absolute Gasteiger partial charge is 0.507 e.